The summed E-state index contributed by atoms with van der Waals surface area (Å²) < 4.78 is 5.01. The van der Waals surface area contributed by atoms with Gasteiger partial charge in [-0.3, -0.25) is 0 Å². The number of ether oxygens (including phenoxy) is 1. The largest absolute Gasteiger partial charge is 0.384 e. The highest BCUT2D eigenvalue weighted by molar-refractivity contribution is 6.30. The lowest BCUT2D eigenvalue weighted by Gasteiger charge is -2.15. The summed E-state index contributed by atoms with van der Waals surface area (Å²) in [5.41, 5.74) is 0.950. The van der Waals surface area contributed by atoms with Crippen molar-refractivity contribution in [1.29, 1.82) is 0 Å². The summed E-state index contributed by atoms with van der Waals surface area (Å²) in [5, 5.41) is 0.550. The van der Waals surface area contributed by atoms with E-state index < -0.39 is 0 Å². The Labute approximate surface area is 101 Å². The van der Waals surface area contributed by atoms with E-state index in [1.54, 1.807) is 7.11 Å². The zero-order valence-electron chi connectivity index (χ0n) is 9.45. The fourth-order valence-corrected chi connectivity index (χ4v) is 2.05. The van der Waals surface area contributed by atoms with Crippen LogP contribution in [0.5, 0.6) is 0 Å². The van der Waals surface area contributed by atoms with E-state index in [1.807, 2.05) is 6.20 Å². The molecule has 0 N–H and O–H groups in total. The van der Waals surface area contributed by atoms with E-state index in [4.69, 9.17) is 16.3 Å². The lowest BCUT2D eigenvalue weighted by atomic mass is 10.2. The molecule has 2 heterocycles. The van der Waals surface area contributed by atoms with Crippen molar-refractivity contribution < 1.29 is 4.74 Å². The summed E-state index contributed by atoms with van der Waals surface area (Å²) in [6.07, 6.45) is 5.00. The Morgan fingerprint density at radius 3 is 2.81 bits per heavy atom. The lowest BCUT2D eigenvalue weighted by Crippen LogP contribution is -2.20. The predicted octanol–water partition coefficient (Wildman–Crippen LogP) is 1.92. The quantitative estimate of drug-likeness (QED) is 0.755. The fraction of sp³-hybridized carbons (Fsp3) is 0.636. The number of aromatic nitrogens is 2. The maximum absolute atomic E-state index is 6.11. The first-order valence-electron chi connectivity index (χ1n) is 5.56. The second-order valence-corrected chi connectivity index (χ2v) is 4.28. The van der Waals surface area contributed by atoms with Gasteiger partial charge in [-0.15, -0.1) is 0 Å². The minimum atomic E-state index is 0.550. The molecule has 0 amide bonds. The predicted molar refractivity (Wildman–Crippen MR) is 64.1 cm³/mol. The summed E-state index contributed by atoms with van der Waals surface area (Å²) in [7, 11) is 1.67. The highest BCUT2D eigenvalue weighted by atomic mass is 35.5. The van der Waals surface area contributed by atoms with Gasteiger partial charge in [-0.2, -0.15) is 0 Å². The van der Waals surface area contributed by atoms with Crippen LogP contribution in [0.3, 0.4) is 0 Å². The van der Waals surface area contributed by atoms with Gasteiger partial charge < -0.3 is 9.64 Å². The third kappa shape index (κ3) is 2.62. The summed E-state index contributed by atoms with van der Waals surface area (Å²) in [6, 6.07) is 0. The molecule has 0 saturated carbocycles. The van der Waals surface area contributed by atoms with Gasteiger partial charge in [-0.05, 0) is 12.8 Å². The average Bonchev–Trinajstić information content (AvgIpc) is 2.81. The fourth-order valence-electron chi connectivity index (χ4n) is 1.83. The SMILES string of the molecule is COCCc1cnc(N2CCCC2)nc1Cl. The van der Waals surface area contributed by atoms with Crippen LogP contribution >= 0.6 is 11.6 Å². The molecule has 1 saturated heterocycles. The third-order valence-corrected chi connectivity index (χ3v) is 3.09. The summed E-state index contributed by atoms with van der Waals surface area (Å²) >= 11 is 6.11. The van der Waals surface area contributed by atoms with Crippen LogP contribution < -0.4 is 4.90 Å². The molecule has 1 fully saturated rings. The monoisotopic (exact) mass is 241 g/mol. The van der Waals surface area contributed by atoms with Crippen molar-refractivity contribution in [3.05, 3.63) is 16.9 Å². The first kappa shape index (κ1) is 11.6. The normalized spacial score (nSPS) is 15.8. The molecule has 1 aromatic heterocycles. The van der Waals surface area contributed by atoms with Gasteiger partial charge in [0.05, 0.1) is 6.61 Å². The maximum Gasteiger partial charge on any atom is 0.226 e. The van der Waals surface area contributed by atoms with Gasteiger partial charge in [-0.25, -0.2) is 9.97 Å². The lowest BCUT2D eigenvalue weighted by molar-refractivity contribution is 0.202. The number of hydrogen-bond acceptors (Lipinski definition) is 4. The maximum atomic E-state index is 6.11. The Kier molecular flexibility index (Phi) is 3.96. The molecule has 0 bridgehead atoms. The van der Waals surface area contributed by atoms with Crippen molar-refractivity contribution in [3.63, 3.8) is 0 Å². The average molecular weight is 242 g/mol. The van der Waals surface area contributed by atoms with Crippen molar-refractivity contribution in [3.8, 4) is 0 Å². The van der Waals surface area contributed by atoms with E-state index >= 15 is 0 Å². The Morgan fingerprint density at radius 2 is 2.19 bits per heavy atom. The van der Waals surface area contributed by atoms with Crippen molar-refractivity contribution in [2.45, 2.75) is 19.3 Å². The first-order chi connectivity index (χ1) is 7.81. The van der Waals surface area contributed by atoms with Gasteiger partial charge in [0.15, 0.2) is 0 Å². The summed E-state index contributed by atoms with van der Waals surface area (Å²) in [4.78, 5) is 10.9. The van der Waals surface area contributed by atoms with Gasteiger partial charge in [0.2, 0.25) is 5.95 Å². The minimum Gasteiger partial charge on any atom is -0.384 e. The van der Waals surface area contributed by atoms with Gasteiger partial charge in [0.1, 0.15) is 5.15 Å². The Bertz CT molecular complexity index is 353. The molecule has 2 rings (SSSR count). The van der Waals surface area contributed by atoms with Crippen LogP contribution in [0.1, 0.15) is 18.4 Å². The molecule has 5 heteroatoms. The molecule has 0 aromatic carbocycles. The molecule has 0 atom stereocenters. The Balaban J connectivity index is 2.09. The van der Waals surface area contributed by atoms with Crippen molar-refractivity contribution in [1.82, 2.24) is 9.97 Å². The van der Waals surface area contributed by atoms with Crippen LogP contribution in [-0.4, -0.2) is 36.8 Å². The number of anilines is 1. The van der Waals surface area contributed by atoms with E-state index in [2.05, 4.69) is 14.9 Å². The molecular weight excluding hydrogens is 226 g/mol. The smallest absolute Gasteiger partial charge is 0.226 e. The van der Waals surface area contributed by atoms with E-state index in [1.165, 1.54) is 12.8 Å². The molecule has 1 aliphatic rings. The molecule has 1 aliphatic heterocycles. The molecule has 16 heavy (non-hydrogen) atoms. The highest BCUT2D eigenvalue weighted by Gasteiger charge is 2.15. The molecule has 0 aliphatic carbocycles. The third-order valence-electron chi connectivity index (χ3n) is 2.76. The minimum absolute atomic E-state index is 0.550. The second-order valence-electron chi connectivity index (χ2n) is 3.92. The first-order valence-corrected chi connectivity index (χ1v) is 5.94. The zero-order valence-corrected chi connectivity index (χ0v) is 10.2. The Hall–Kier alpha value is -0.870. The molecule has 1 aromatic rings. The number of hydrogen-bond donors (Lipinski definition) is 0. The van der Waals surface area contributed by atoms with Crippen LogP contribution in [0.2, 0.25) is 5.15 Å². The highest BCUT2D eigenvalue weighted by Crippen LogP contribution is 2.20. The van der Waals surface area contributed by atoms with Crippen LogP contribution in [0.4, 0.5) is 5.95 Å². The molecule has 0 radical (unpaired) electrons. The molecule has 0 spiro atoms. The topological polar surface area (TPSA) is 38.2 Å². The van der Waals surface area contributed by atoms with Gasteiger partial charge in [-0.1, -0.05) is 11.6 Å². The molecule has 0 unspecified atom stereocenters. The van der Waals surface area contributed by atoms with E-state index in [0.717, 1.165) is 31.0 Å². The van der Waals surface area contributed by atoms with Crippen LogP contribution in [-0.2, 0) is 11.2 Å². The van der Waals surface area contributed by atoms with Crippen molar-refractivity contribution >= 4 is 17.5 Å². The van der Waals surface area contributed by atoms with Gasteiger partial charge in [0.25, 0.3) is 0 Å². The van der Waals surface area contributed by atoms with Crippen molar-refractivity contribution in [2.75, 3.05) is 31.7 Å². The Morgan fingerprint density at radius 1 is 1.44 bits per heavy atom. The summed E-state index contributed by atoms with van der Waals surface area (Å²) in [6.45, 7) is 2.72. The van der Waals surface area contributed by atoms with Crippen LogP contribution in [0.15, 0.2) is 6.20 Å². The molecular formula is C11H16ClN3O. The number of rotatable bonds is 4. The van der Waals surface area contributed by atoms with E-state index in [0.29, 0.717) is 11.8 Å². The molecule has 4 nitrogen and oxygen atoms in total. The zero-order chi connectivity index (χ0) is 11.4. The summed E-state index contributed by atoms with van der Waals surface area (Å²) in [5.74, 6) is 0.753. The number of methoxy groups -OCH3 is 1. The van der Waals surface area contributed by atoms with Crippen LogP contribution in [0, 0.1) is 0 Å². The number of nitrogens with zero attached hydrogens (tertiary/aromatic N) is 3. The van der Waals surface area contributed by atoms with Crippen LogP contribution in [0.25, 0.3) is 0 Å². The molecule has 88 valence electrons. The van der Waals surface area contributed by atoms with Gasteiger partial charge >= 0.3 is 0 Å². The van der Waals surface area contributed by atoms with Crippen molar-refractivity contribution in [2.24, 2.45) is 0 Å². The van der Waals surface area contributed by atoms with Gasteiger partial charge in [0, 0.05) is 38.4 Å². The van der Waals surface area contributed by atoms with E-state index in [9.17, 15) is 0 Å². The second kappa shape index (κ2) is 5.46. The standard InChI is InChI=1S/C11H16ClN3O/c1-16-7-4-9-8-13-11(14-10(9)12)15-5-2-3-6-15/h8H,2-7H2,1H3. The van der Waals surface area contributed by atoms with E-state index in [-0.39, 0.29) is 0 Å². The number of halogens is 1.